The summed E-state index contributed by atoms with van der Waals surface area (Å²) in [6.07, 6.45) is 2.60. The molecule has 0 radical (unpaired) electrons. The number of carbonyl (C=O) groups is 1. The van der Waals surface area contributed by atoms with Gasteiger partial charge in [-0.3, -0.25) is 4.79 Å². The van der Waals surface area contributed by atoms with Crippen molar-refractivity contribution in [2.45, 2.75) is 43.5 Å². The van der Waals surface area contributed by atoms with Crippen LogP contribution in [0.15, 0.2) is 9.72 Å². The van der Waals surface area contributed by atoms with Crippen LogP contribution < -0.4 is 5.32 Å². The number of aryl methyl sites for hydroxylation is 1. The molecule has 0 aliphatic carbocycles. The van der Waals surface area contributed by atoms with Crippen molar-refractivity contribution in [1.82, 2.24) is 14.6 Å². The van der Waals surface area contributed by atoms with Gasteiger partial charge in [0, 0.05) is 30.2 Å². The quantitative estimate of drug-likeness (QED) is 0.766. The van der Waals surface area contributed by atoms with Crippen LogP contribution in [0.4, 0.5) is 0 Å². The molecule has 1 aliphatic heterocycles. The van der Waals surface area contributed by atoms with Crippen molar-refractivity contribution in [2.75, 3.05) is 24.6 Å². The van der Waals surface area contributed by atoms with Crippen molar-refractivity contribution < 1.29 is 13.2 Å². The summed E-state index contributed by atoms with van der Waals surface area (Å²) in [5, 5.41) is 4.93. The van der Waals surface area contributed by atoms with Crippen molar-refractivity contribution in [1.29, 1.82) is 0 Å². The van der Waals surface area contributed by atoms with E-state index in [1.807, 2.05) is 12.3 Å². The summed E-state index contributed by atoms with van der Waals surface area (Å²) in [7, 11) is -3.20. The number of hydrogen-bond donors (Lipinski definition) is 1. The highest BCUT2D eigenvalue weighted by Crippen LogP contribution is 2.22. The first-order valence-corrected chi connectivity index (χ1v) is 11.2. The van der Waals surface area contributed by atoms with Gasteiger partial charge in [0.05, 0.1) is 11.5 Å². The summed E-state index contributed by atoms with van der Waals surface area (Å²) in [5.41, 5.74) is 0.960. The monoisotopic (exact) mass is 377 g/mol. The molecule has 1 aliphatic rings. The molecule has 1 atom stereocenters. The molecule has 1 N–H and O–H groups in total. The Balaban J connectivity index is 1.86. The Morgan fingerprint density at radius 2 is 2.30 bits per heavy atom. The van der Waals surface area contributed by atoms with Crippen molar-refractivity contribution in [2.24, 2.45) is 0 Å². The zero-order valence-corrected chi connectivity index (χ0v) is 15.9. The van der Waals surface area contributed by atoms with E-state index < -0.39 is 10.0 Å². The molecule has 6 nitrogen and oxygen atoms in total. The van der Waals surface area contributed by atoms with E-state index in [0.29, 0.717) is 18.8 Å². The van der Waals surface area contributed by atoms with E-state index in [2.05, 4.69) is 10.3 Å². The second-order valence-corrected chi connectivity index (χ2v) is 9.90. The van der Waals surface area contributed by atoms with Crippen LogP contribution in [0.25, 0.3) is 0 Å². The number of sulfonamides is 1. The Labute approximate surface area is 146 Å². The Hall–Kier alpha value is -0.640. The lowest BCUT2D eigenvalue weighted by Crippen LogP contribution is -2.45. The van der Waals surface area contributed by atoms with Crippen LogP contribution >= 0.6 is 23.1 Å². The smallest absolute Gasteiger partial charge is 0.230 e. The lowest BCUT2D eigenvalue weighted by molar-refractivity contribution is -0.119. The average Bonchev–Trinajstić information content (AvgIpc) is 2.78. The maximum Gasteiger partial charge on any atom is 0.230 e. The van der Waals surface area contributed by atoms with Gasteiger partial charge in [-0.2, -0.15) is 4.31 Å². The molecule has 23 heavy (non-hydrogen) atoms. The van der Waals surface area contributed by atoms with Crippen LogP contribution in [0.3, 0.4) is 0 Å². The van der Waals surface area contributed by atoms with E-state index in [1.54, 1.807) is 6.92 Å². The third-order valence-electron chi connectivity index (χ3n) is 3.68. The van der Waals surface area contributed by atoms with Gasteiger partial charge in [-0.15, -0.1) is 11.3 Å². The number of nitrogens with zero attached hydrogens (tertiary/aromatic N) is 2. The number of hydrogen-bond acceptors (Lipinski definition) is 6. The minimum atomic E-state index is -3.20. The summed E-state index contributed by atoms with van der Waals surface area (Å²) >= 11 is 2.95. The third kappa shape index (κ3) is 5.74. The van der Waals surface area contributed by atoms with Crippen molar-refractivity contribution in [3.05, 3.63) is 11.1 Å². The fourth-order valence-electron chi connectivity index (χ4n) is 2.46. The minimum absolute atomic E-state index is 0.0661. The second-order valence-electron chi connectivity index (χ2n) is 5.56. The van der Waals surface area contributed by atoms with Crippen LogP contribution in [0, 0.1) is 6.92 Å². The molecule has 1 saturated heterocycles. The Bertz CT molecular complexity index is 630. The van der Waals surface area contributed by atoms with Crippen LogP contribution in [-0.4, -0.2) is 54.3 Å². The largest absolute Gasteiger partial charge is 0.351 e. The number of carbonyl (C=O) groups excluding carboxylic acids is 1. The summed E-state index contributed by atoms with van der Waals surface area (Å²) in [5.74, 6) is 0.347. The summed E-state index contributed by atoms with van der Waals surface area (Å²) in [4.78, 5) is 16.4. The molecular weight excluding hydrogens is 354 g/mol. The van der Waals surface area contributed by atoms with Gasteiger partial charge in [-0.25, -0.2) is 13.4 Å². The molecule has 130 valence electrons. The standard InChI is InChI=1S/C14H23N3O3S3/c1-3-23(19,20)17-7-5-4-6-12(8-17)16-13(18)10-22-14-15-11(2)9-21-14/h9,12H,3-8,10H2,1-2H3,(H,16,18)/t12-/m1/s1. The van der Waals surface area contributed by atoms with Crippen molar-refractivity contribution in [3.8, 4) is 0 Å². The van der Waals surface area contributed by atoms with Crippen LogP contribution in [0.1, 0.15) is 31.9 Å². The van der Waals surface area contributed by atoms with Crippen LogP contribution in [0.5, 0.6) is 0 Å². The molecule has 2 heterocycles. The van der Waals surface area contributed by atoms with Crippen LogP contribution in [-0.2, 0) is 14.8 Å². The number of amides is 1. The number of rotatable bonds is 6. The topological polar surface area (TPSA) is 79.4 Å². The Morgan fingerprint density at radius 1 is 1.52 bits per heavy atom. The van der Waals surface area contributed by atoms with E-state index in [9.17, 15) is 13.2 Å². The van der Waals surface area contributed by atoms with E-state index in [0.717, 1.165) is 29.3 Å². The third-order valence-corrected chi connectivity index (χ3v) is 7.67. The molecule has 1 amide bonds. The van der Waals surface area contributed by atoms with Gasteiger partial charge < -0.3 is 5.32 Å². The van der Waals surface area contributed by atoms with Crippen LogP contribution in [0.2, 0.25) is 0 Å². The van der Waals surface area contributed by atoms with Gasteiger partial charge in [0.2, 0.25) is 15.9 Å². The zero-order valence-electron chi connectivity index (χ0n) is 13.4. The molecule has 1 aromatic heterocycles. The lowest BCUT2D eigenvalue weighted by Gasteiger charge is -2.24. The number of aromatic nitrogens is 1. The van der Waals surface area contributed by atoms with E-state index >= 15 is 0 Å². The highest BCUT2D eigenvalue weighted by molar-refractivity contribution is 8.01. The first-order valence-electron chi connectivity index (χ1n) is 7.73. The fraction of sp³-hybridized carbons (Fsp3) is 0.714. The summed E-state index contributed by atoms with van der Waals surface area (Å²) in [6.45, 7) is 4.51. The normalized spacial score (nSPS) is 20.2. The number of thioether (sulfide) groups is 1. The van der Waals surface area contributed by atoms with Gasteiger partial charge in [0.25, 0.3) is 0 Å². The molecule has 0 bridgehead atoms. The van der Waals surface area contributed by atoms with Crippen molar-refractivity contribution >= 4 is 39.0 Å². The van der Waals surface area contributed by atoms with Gasteiger partial charge in [0.15, 0.2) is 4.34 Å². The molecular formula is C14H23N3O3S3. The molecule has 0 unspecified atom stereocenters. The Kier molecular flexibility index (Phi) is 6.87. The fourth-order valence-corrected chi connectivity index (χ4v) is 5.30. The first-order chi connectivity index (χ1) is 10.9. The van der Waals surface area contributed by atoms with Gasteiger partial charge in [-0.05, 0) is 26.7 Å². The highest BCUT2D eigenvalue weighted by Gasteiger charge is 2.26. The van der Waals surface area contributed by atoms with Crippen molar-refractivity contribution in [3.63, 3.8) is 0 Å². The second kappa shape index (κ2) is 8.46. The van der Waals surface area contributed by atoms with E-state index in [1.165, 1.54) is 27.4 Å². The molecule has 0 aromatic carbocycles. The first kappa shape index (κ1) is 18.7. The highest BCUT2D eigenvalue weighted by atomic mass is 32.2. The number of thiazole rings is 1. The molecule has 0 spiro atoms. The lowest BCUT2D eigenvalue weighted by atomic mass is 10.1. The molecule has 0 saturated carbocycles. The minimum Gasteiger partial charge on any atom is -0.351 e. The van der Waals surface area contributed by atoms with Gasteiger partial charge >= 0.3 is 0 Å². The van der Waals surface area contributed by atoms with E-state index in [-0.39, 0.29) is 17.7 Å². The molecule has 1 aromatic rings. The average molecular weight is 378 g/mol. The zero-order chi connectivity index (χ0) is 16.9. The van der Waals surface area contributed by atoms with E-state index in [4.69, 9.17) is 0 Å². The van der Waals surface area contributed by atoms with Gasteiger partial charge in [0.1, 0.15) is 0 Å². The Morgan fingerprint density at radius 3 is 2.96 bits per heavy atom. The maximum atomic E-state index is 12.1. The molecule has 9 heteroatoms. The summed E-state index contributed by atoms with van der Waals surface area (Å²) < 4.78 is 26.5. The molecule has 1 fully saturated rings. The van der Waals surface area contributed by atoms with Gasteiger partial charge in [-0.1, -0.05) is 18.2 Å². The summed E-state index contributed by atoms with van der Waals surface area (Å²) in [6, 6.07) is -0.107. The SMILES string of the molecule is CCS(=O)(=O)N1CCCC[C@@H](NC(=O)CSc2nc(C)cs2)C1. The maximum absolute atomic E-state index is 12.1. The number of nitrogens with one attached hydrogen (secondary N) is 1. The molecule has 2 rings (SSSR count). The predicted molar refractivity (Wildman–Crippen MR) is 94.4 cm³/mol. The predicted octanol–water partition coefficient (Wildman–Crippen LogP) is 1.86.